The number of non-ortho nitro benzene ring substituents is 2. The van der Waals surface area contributed by atoms with Gasteiger partial charge < -0.3 is 58.4 Å². The molecule has 0 aliphatic carbocycles. The first-order chi connectivity index (χ1) is 33.8. The quantitative estimate of drug-likeness (QED) is 0.0299. The van der Waals surface area contributed by atoms with Crippen LogP contribution in [0.3, 0.4) is 0 Å². The molecule has 6 aromatic carbocycles. The zero-order valence-corrected chi connectivity index (χ0v) is 59.7. The average Bonchev–Trinajstić information content (AvgIpc) is 3.25. The van der Waals surface area contributed by atoms with Gasteiger partial charge in [-0.05, 0) is 57.9 Å². The molecule has 0 unspecified atom stereocenters. The molecule has 0 spiro atoms. The minimum atomic E-state index is -5.53. The van der Waals surface area contributed by atoms with E-state index < -0.39 is 159 Å². The number of anilines is 2. The average molecular weight is 1340 g/mol. The Labute approximate surface area is 601 Å². The van der Waals surface area contributed by atoms with Crippen molar-refractivity contribution in [3.8, 4) is 23.0 Å². The molecule has 6 rings (SSSR count). The Kier molecular flexibility index (Phi) is 33.7. The predicted molar refractivity (Wildman–Crippen MR) is 230 cm³/mol. The molecule has 1 radical (unpaired) electrons. The summed E-state index contributed by atoms with van der Waals surface area (Å²) in [5.41, 5.74) is -7.00. The molecule has 0 atom stereocenters. The Hall–Kier alpha value is -1.37. The molecule has 0 aliphatic rings. The summed E-state index contributed by atoms with van der Waals surface area (Å²) in [6, 6.07) is 9.01. The van der Waals surface area contributed by atoms with E-state index in [4.69, 9.17) is 0 Å². The van der Waals surface area contributed by atoms with Crippen molar-refractivity contribution >= 4 is 128 Å². The standard InChI is InChI=1S/2C17H14N4O13S3.Cr.6Na/c2*22-16-11-4-9(18-7-35(26,27)28)2-1-8(11)3-13(36(29,30)31)15(16)20-19-12-5-10(21(24)25)6-14(17(12)23)37(32,33)34;;;;;;;/h2*1-6,18,22-23H,7H2,(H,26,27,28)(H,29,30,31)(H,32,33,34);;;;;;;/q;;+3;6*+1/p-9. The van der Waals surface area contributed by atoms with Crippen LogP contribution < -0.4 is 208 Å². The summed E-state index contributed by atoms with van der Waals surface area (Å²) < 4.78 is 203. The topological polar surface area (TPSA) is 595 Å². The Balaban J connectivity index is -0.000000676. The van der Waals surface area contributed by atoms with E-state index in [-0.39, 0.29) is 241 Å². The maximum absolute atomic E-state index is 13.0. The van der Waals surface area contributed by atoms with Gasteiger partial charge in [-0.3, -0.25) is 20.2 Å². The Bertz CT molecular complexity index is 3920. The van der Waals surface area contributed by atoms with Crippen molar-refractivity contribution in [2.45, 2.75) is 19.6 Å². The fourth-order valence-electron chi connectivity index (χ4n) is 5.87. The normalized spacial score (nSPS) is 11.6. The number of hydrogen-bond acceptors (Lipinski definition) is 32. The van der Waals surface area contributed by atoms with E-state index in [9.17, 15) is 118 Å². The van der Waals surface area contributed by atoms with Gasteiger partial charge in [0.25, 0.3) is 11.4 Å². The Morgan fingerprint density at radius 1 is 0.407 bits per heavy atom. The van der Waals surface area contributed by atoms with Crippen LogP contribution in [0.4, 0.5) is 45.5 Å². The first-order valence-electron chi connectivity index (χ1n) is 18.3. The summed E-state index contributed by atoms with van der Waals surface area (Å²) in [4.78, 5) is 14.2. The largest absolute Gasteiger partial charge is 3.00 e. The molecule has 81 heavy (non-hydrogen) atoms. The second-order valence-corrected chi connectivity index (χ2v) is 22.2. The van der Waals surface area contributed by atoms with Crippen molar-refractivity contribution in [2.24, 2.45) is 20.5 Å². The summed E-state index contributed by atoms with van der Waals surface area (Å²) in [5.74, 6) is -8.05. The molecule has 0 aromatic heterocycles. The number of fused-ring (bicyclic) bond motifs is 2. The third-order valence-electron chi connectivity index (χ3n) is 9.03. The van der Waals surface area contributed by atoms with Crippen molar-refractivity contribution < 1.29 is 304 Å². The number of nitrogens with one attached hydrogen (secondary N) is 2. The molecule has 0 heterocycles. The maximum atomic E-state index is 13.0. The van der Waals surface area contributed by atoms with E-state index in [2.05, 4.69) is 31.1 Å². The van der Waals surface area contributed by atoms with E-state index in [0.717, 1.165) is 36.4 Å². The van der Waals surface area contributed by atoms with Crippen molar-refractivity contribution in [1.29, 1.82) is 0 Å². The zero-order chi connectivity index (χ0) is 55.8. The van der Waals surface area contributed by atoms with Gasteiger partial charge in [0.15, 0.2) is 0 Å². The second-order valence-electron chi connectivity index (χ2n) is 14.0. The number of nitrogens with zero attached hydrogens (tertiary/aromatic N) is 6. The van der Waals surface area contributed by atoms with Gasteiger partial charge in [-0.25, -0.2) is 50.5 Å². The summed E-state index contributed by atoms with van der Waals surface area (Å²) in [5, 5.41) is 88.9. The maximum Gasteiger partial charge on any atom is 3.00 e. The number of rotatable bonds is 16. The molecular formula is C34H19CrN8Na6O26S6. The van der Waals surface area contributed by atoms with Crippen LogP contribution in [0.2, 0.25) is 0 Å². The smallest absolute Gasteiger partial charge is 0.871 e. The third-order valence-corrected chi connectivity index (χ3v) is 13.4. The van der Waals surface area contributed by atoms with E-state index in [0.29, 0.717) is 24.3 Å². The summed E-state index contributed by atoms with van der Waals surface area (Å²) >= 11 is 0. The van der Waals surface area contributed by atoms with Crippen molar-refractivity contribution in [3.63, 3.8) is 0 Å². The summed E-state index contributed by atoms with van der Waals surface area (Å²) in [7, 11) is -31.4. The summed E-state index contributed by atoms with van der Waals surface area (Å²) in [6.45, 7) is 0. The van der Waals surface area contributed by atoms with Gasteiger partial charge in [0.05, 0.1) is 52.2 Å². The number of nitro benzene ring substituents is 2. The first kappa shape index (κ1) is 83.8. The van der Waals surface area contributed by atoms with Crippen molar-refractivity contribution in [1.82, 2.24) is 0 Å². The molecule has 2 N–H and O–H groups in total. The van der Waals surface area contributed by atoms with Gasteiger partial charge in [-0.15, -0.1) is 10.2 Å². The van der Waals surface area contributed by atoms with Gasteiger partial charge in [0, 0.05) is 35.6 Å². The van der Waals surface area contributed by atoms with Crippen LogP contribution in [0.1, 0.15) is 1.43 Å². The zero-order valence-electron chi connectivity index (χ0n) is 42.5. The number of hydrogen-bond donors (Lipinski definition) is 2. The monoisotopic (exact) mass is 1340 g/mol. The Morgan fingerprint density at radius 3 is 0.938 bits per heavy atom. The molecule has 0 amide bonds. The van der Waals surface area contributed by atoms with Crippen LogP contribution in [0.5, 0.6) is 23.0 Å². The molecule has 6 aromatic rings. The van der Waals surface area contributed by atoms with Gasteiger partial charge in [0.2, 0.25) is 0 Å². The number of nitro groups is 2. The molecule has 0 saturated carbocycles. The minimum absolute atomic E-state index is 0. The fraction of sp³-hybridized carbons (Fsp3) is 0.0588. The summed E-state index contributed by atoms with van der Waals surface area (Å²) in [6.07, 6.45) is 0. The molecule has 34 nitrogen and oxygen atoms in total. The van der Waals surface area contributed by atoms with Crippen LogP contribution in [0.15, 0.2) is 113 Å². The number of azo groups is 2. The fourth-order valence-corrected chi connectivity index (χ4v) is 9.04. The van der Waals surface area contributed by atoms with E-state index in [1.807, 2.05) is 0 Å². The van der Waals surface area contributed by atoms with E-state index in [1.165, 1.54) is 0 Å². The second kappa shape index (κ2) is 32.6. The van der Waals surface area contributed by atoms with Crippen molar-refractivity contribution in [2.75, 3.05) is 22.4 Å². The van der Waals surface area contributed by atoms with Gasteiger partial charge in [-0.1, -0.05) is 35.1 Å². The predicted octanol–water partition coefficient (Wildman–Crippen LogP) is -17.8. The third kappa shape index (κ3) is 22.7. The molecule has 0 saturated heterocycles. The van der Waals surface area contributed by atoms with Gasteiger partial charge in [-0.2, -0.15) is 10.2 Å². The number of benzene rings is 6. The molecule has 0 bridgehead atoms. The molecular weight excluding hydrogens is 1320 g/mol. The van der Waals surface area contributed by atoms with Crippen LogP contribution in [0.25, 0.3) is 21.5 Å². The van der Waals surface area contributed by atoms with Gasteiger partial charge >= 0.3 is 196 Å². The van der Waals surface area contributed by atoms with Gasteiger partial charge in [0.1, 0.15) is 72.5 Å². The first-order valence-corrected chi connectivity index (χ1v) is 27.1. The molecule has 47 heteroatoms. The van der Waals surface area contributed by atoms with Crippen LogP contribution in [0, 0.1) is 20.2 Å². The molecule has 399 valence electrons. The Morgan fingerprint density at radius 2 is 0.691 bits per heavy atom. The minimum Gasteiger partial charge on any atom is -0.871 e. The van der Waals surface area contributed by atoms with Crippen LogP contribution in [-0.4, -0.2) is 99.4 Å². The molecule has 0 fully saturated rings. The SMILES string of the molecule is O=[N+]([O-])c1cc(N=Nc2c(S(=O)(=O)[O-])cc3ccc(NCS(=O)(=O)[O-])cc3c2[O-])c([O-])c(S(=O)(=O)[O-])c1.O=[N+]([O-])c1cc(N=Nc2c(S(=O)(=O)[O-])cc3ccc(NCS(=O)(=O)[O-])cc3c2[O-])c([O-])c(S(=O)(=O)[O-])c1.[Cr+3].[H+].[Na+].[Na+].[Na+].[Na+].[Na+].[Na+]. The van der Waals surface area contributed by atoms with Crippen LogP contribution >= 0.6 is 0 Å². The van der Waals surface area contributed by atoms with E-state index in [1.54, 1.807) is 0 Å². The van der Waals surface area contributed by atoms with E-state index >= 15 is 0 Å². The molecule has 0 aliphatic heterocycles. The van der Waals surface area contributed by atoms with Crippen LogP contribution in [-0.2, 0) is 78.1 Å². The van der Waals surface area contributed by atoms with Crippen molar-refractivity contribution in [3.05, 3.63) is 93.0 Å².